The number of nitrogens with zero attached hydrogens (tertiary/aromatic N) is 1. The monoisotopic (exact) mass is 292 g/mol. The van der Waals surface area contributed by atoms with Crippen LogP contribution in [0, 0.1) is 0 Å². The van der Waals surface area contributed by atoms with E-state index < -0.39 is 11.8 Å². The topological polar surface area (TPSA) is 119 Å². The van der Waals surface area contributed by atoms with E-state index in [4.69, 9.17) is 11.5 Å². The zero-order valence-corrected chi connectivity index (χ0v) is 12.1. The average molecular weight is 292 g/mol. The van der Waals surface area contributed by atoms with Gasteiger partial charge >= 0.3 is 0 Å². The number of nitrogens with one attached hydrogen (secondary N) is 1. The molecule has 0 bridgehead atoms. The van der Waals surface area contributed by atoms with Gasteiger partial charge in [0.1, 0.15) is 0 Å². The quantitative estimate of drug-likeness (QED) is 0.651. The van der Waals surface area contributed by atoms with E-state index in [-0.39, 0.29) is 25.0 Å². The third kappa shape index (κ3) is 5.62. The predicted octanol–water partition coefficient (Wildman–Crippen LogP) is -0.0803. The van der Waals surface area contributed by atoms with Crippen LogP contribution in [0.4, 0.5) is 5.69 Å². The molecule has 0 fully saturated rings. The highest BCUT2D eigenvalue weighted by molar-refractivity contribution is 5.95. The Morgan fingerprint density at radius 3 is 2.10 bits per heavy atom. The normalized spacial score (nSPS) is 10.7. The molecule has 0 aliphatic carbocycles. The maximum Gasteiger partial charge on any atom is 0.248 e. The molecule has 0 saturated carbocycles. The molecule has 7 heteroatoms. The fourth-order valence-electron chi connectivity index (χ4n) is 1.72. The molecule has 0 saturated heterocycles. The van der Waals surface area contributed by atoms with Gasteiger partial charge in [0.15, 0.2) is 0 Å². The van der Waals surface area contributed by atoms with Gasteiger partial charge in [-0.2, -0.15) is 0 Å². The molecule has 0 radical (unpaired) electrons. The third-order valence-electron chi connectivity index (χ3n) is 2.89. The first-order valence-electron chi connectivity index (χ1n) is 6.51. The van der Waals surface area contributed by atoms with Crippen LogP contribution in [-0.4, -0.2) is 41.8 Å². The summed E-state index contributed by atoms with van der Waals surface area (Å²) in [7, 11) is 0. The molecule has 0 unspecified atom stereocenters. The van der Waals surface area contributed by atoms with Gasteiger partial charge in [-0.3, -0.25) is 19.3 Å². The average Bonchev–Trinajstić information content (AvgIpc) is 2.37. The van der Waals surface area contributed by atoms with Gasteiger partial charge in [-0.25, -0.2) is 0 Å². The summed E-state index contributed by atoms with van der Waals surface area (Å²) in [6.07, 6.45) is 0. The summed E-state index contributed by atoms with van der Waals surface area (Å²) in [4.78, 5) is 35.5. The van der Waals surface area contributed by atoms with Crippen molar-refractivity contribution in [3.63, 3.8) is 0 Å². The first kappa shape index (κ1) is 16.6. The van der Waals surface area contributed by atoms with Crippen LogP contribution in [0.5, 0.6) is 0 Å². The molecule has 1 aromatic carbocycles. The Hall–Kier alpha value is -2.41. The van der Waals surface area contributed by atoms with E-state index in [0.29, 0.717) is 11.3 Å². The maximum atomic E-state index is 11.9. The molecule has 1 aromatic rings. The Balaban J connectivity index is 2.63. The highest BCUT2D eigenvalue weighted by Crippen LogP contribution is 2.09. The summed E-state index contributed by atoms with van der Waals surface area (Å²) in [5.74, 6) is -1.28. The van der Waals surface area contributed by atoms with Crippen molar-refractivity contribution >= 4 is 23.4 Å². The molecule has 0 spiro atoms. The summed E-state index contributed by atoms with van der Waals surface area (Å²) in [6, 6.07) is 6.25. The lowest BCUT2D eigenvalue weighted by Gasteiger charge is -2.24. The summed E-state index contributed by atoms with van der Waals surface area (Å²) >= 11 is 0. The van der Waals surface area contributed by atoms with Gasteiger partial charge in [0.05, 0.1) is 13.1 Å². The number of carbonyl (C=O) groups excluding carboxylic acids is 3. The molecule has 0 aliphatic rings. The summed E-state index contributed by atoms with van der Waals surface area (Å²) < 4.78 is 0. The largest absolute Gasteiger partial charge is 0.369 e. The van der Waals surface area contributed by atoms with Crippen LogP contribution in [0.3, 0.4) is 0 Å². The number of hydrogen-bond acceptors (Lipinski definition) is 4. The Morgan fingerprint density at radius 2 is 1.67 bits per heavy atom. The van der Waals surface area contributed by atoms with Crippen molar-refractivity contribution in [1.29, 1.82) is 0 Å². The van der Waals surface area contributed by atoms with Gasteiger partial charge in [-0.15, -0.1) is 0 Å². The van der Waals surface area contributed by atoms with E-state index in [9.17, 15) is 14.4 Å². The Bertz CT molecular complexity index is 526. The molecule has 3 amide bonds. The van der Waals surface area contributed by atoms with Crippen molar-refractivity contribution in [2.75, 3.05) is 18.4 Å². The van der Waals surface area contributed by atoms with Crippen molar-refractivity contribution in [2.45, 2.75) is 19.9 Å². The number of rotatable bonds is 7. The number of carbonyl (C=O) groups is 3. The number of amides is 3. The molecule has 21 heavy (non-hydrogen) atoms. The molecule has 0 heterocycles. The second kappa shape index (κ2) is 7.39. The minimum absolute atomic E-state index is 0.0143. The van der Waals surface area contributed by atoms with E-state index >= 15 is 0 Å². The van der Waals surface area contributed by atoms with Crippen LogP contribution in [0.2, 0.25) is 0 Å². The smallest absolute Gasteiger partial charge is 0.248 e. The third-order valence-corrected chi connectivity index (χ3v) is 2.89. The minimum Gasteiger partial charge on any atom is -0.369 e. The van der Waals surface area contributed by atoms with E-state index in [1.54, 1.807) is 17.0 Å². The first-order valence-corrected chi connectivity index (χ1v) is 6.51. The van der Waals surface area contributed by atoms with Crippen molar-refractivity contribution in [2.24, 2.45) is 11.5 Å². The SMILES string of the molecule is CC(C)N(CC(N)=O)CC(=O)Nc1ccc(C(N)=O)cc1. The van der Waals surface area contributed by atoms with E-state index in [1.807, 2.05) is 13.8 Å². The zero-order chi connectivity index (χ0) is 16.0. The number of hydrogen-bond donors (Lipinski definition) is 3. The maximum absolute atomic E-state index is 11.9. The molecule has 7 nitrogen and oxygen atoms in total. The molecule has 0 aliphatic heterocycles. The lowest BCUT2D eigenvalue weighted by Crippen LogP contribution is -2.43. The van der Waals surface area contributed by atoms with Crippen LogP contribution in [-0.2, 0) is 9.59 Å². The number of nitrogens with two attached hydrogens (primary N) is 2. The predicted molar refractivity (Wildman–Crippen MR) is 79.5 cm³/mol. The zero-order valence-electron chi connectivity index (χ0n) is 12.1. The number of benzene rings is 1. The number of anilines is 1. The fraction of sp³-hybridized carbons (Fsp3) is 0.357. The van der Waals surface area contributed by atoms with E-state index in [2.05, 4.69) is 5.32 Å². The standard InChI is InChI=1S/C14H20N4O3/c1-9(2)18(7-12(15)19)8-13(20)17-11-5-3-10(4-6-11)14(16)21/h3-6,9H,7-8H2,1-2H3,(H2,15,19)(H2,16,21)(H,17,20). The Kier molecular flexibility index (Phi) is 5.86. The molecular weight excluding hydrogens is 272 g/mol. The van der Waals surface area contributed by atoms with Crippen LogP contribution >= 0.6 is 0 Å². The Labute approximate surface area is 123 Å². The highest BCUT2D eigenvalue weighted by Gasteiger charge is 2.16. The van der Waals surface area contributed by atoms with Crippen molar-refractivity contribution in [3.05, 3.63) is 29.8 Å². The van der Waals surface area contributed by atoms with E-state index in [1.165, 1.54) is 12.1 Å². The second-order valence-electron chi connectivity index (χ2n) is 4.95. The molecule has 0 atom stereocenters. The number of primary amides is 2. The van der Waals surface area contributed by atoms with Crippen LogP contribution in [0.25, 0.3) is 0 Å². The molecule has 1 rings (SSSR count). The second-order valence-corrected chi connectivity index (χ2v) is 4.95. The first-order chi connectivity index (χ1) is 9.79. The fourth-order valence-corrected chi connectivity index (χ4v) is 1.72. The lowest BCUT2D eigenvalue weighted by atomic mass is 10.2. The summed E-state index contributed by atoms with van der Waals surface area (Å²) in [6.45, 7) is 3.82. The molecule has 114 valence electrons. The van der Waals surface area contributed by atoms with E-state index in [0.717, 1.165) is 0 Å². The minimum atomic E-state index is -0.527. The van der Waals surface area contributed by atoms with Crippen molar-refractivity contribution < 1.29 is 14.4 Å². The van der Waals surface area contributed by atoms with Gasteiger partial charge in [0.25, 0.3) is 0 Å². The van der Waals surface area contributed by atoms with Gasteiger partial charge in [-0.1, -0.05) is 0 Å². The molecular formula is C14H20N4O3. The van der Waals surface area contributed by atoms with Gasteiger partial charge < -0.3 is 16.8 Å². The molecule has 5 N–H and O–H groups in total. The van der Waals surface area contributed by atoms with Crippen molar-refractivity contribution in [1.82, 2.24) is 4.90 Å². The van der Waals surface area contributed by atoms with Crippen LogP contribution in [0.15, 0.2) is 24.3 Å². The van der Waals surface area contributed by atoms with Crippen molar-refractivity contribution in [3.8, 4) is 0 Å². The molecule has 0 aromatic heterocycles. The summed E-state index contributed by atoms with van der Waals surface area (Å²) in [5.41, 5.74) is 11.2. The summed E-state index contributed by atoms with van der Waals surface area (Å²) in [5, 5.41) is 2.68. The highest BCUT2D eigenvalue weighted by atomic mass is 16.2. The van der Waals surface area contributed by atoms with Gasteiger partial charge in [0.2, 0.25) is 17.7 Å². The van der Waals surface area contributed by atoms with Crippen LogP contribution < -0.4 is 16.8 Å². The van der Waals surface area contributed by atoms with Crippen LogP contribution in [0.1, 0.15) is 24.2 Å². The Morgan fingerprint density at radius 1 is 1.10 bits per heavy atom. The van der Waals surface area contributed by atoms with Gasteiger partial charge in [0, 0.05) is 17.3 Å². The van der Waals surface area contributed by atoms with Gasteiger partial charge in [-0.05, 0) is 38.1 Å². The lowest BCUT2D eigenvalue weighted by molar-refractivity contribution is -0.121.